The van der Waals surface area contributed by atoms with Gasteiger partial charge in [0.15, 0.2) is 0 Å². The molecule has 0 aliphatic rings. The highest BCUT2D eigenvalue weighted by Gasteiger charge is 2.29. The first-order valence-corrected chi connectivity index (χ1v) is 11.5. The second-order valence-corrected chi connectivity index (χ2v) is 9.67. The molecule has 0 saturated carbocycles. The molecule has 1 aromatic heterocycles. The van der Waals surface area contributed by atoms with Crippen LogP contribution in [0.5, 0.6) is 0 Å². The molecule has 0 unspecified atom stereocenters. The van der Waals surface area contributed by atoms with Gasteiger partial charge in [-0.15, -0.1) is 0 Å². The van der Waals surface area contributed by atoms with Crippen LogP contribution in [0.2, 0.25) is 0 Å². The number of benzene rings is 2. The fourth-order valence-corrected chi connectivity index (χ4v) is 4.61. The molecule has 0 atom stereocenters. The molecule has 0 aliphatic carbocycles. The van der Waals surface area contributed by atoms with E-state index < -0.39 is 36.6 Å². The molecule has 0 spiro atoms. The summed E-state index contributed by atoms with van der Waals surface area (Å²) in [6.07, 6.45) is 2.24. The molecule has 11 heteroatoms. The lowest BCUT2D eigenvalue weighted by atomic mass is 10.3. The molecule has 0 bridgehead atoms. The highest BCUT2D eigenvalue weighted by atomic mass is 32.2. The Balaban J connectivity index is 2.05. The average molecular weight is 442 g/mol. The van der Waals surface area contributed by atoms with Crippen molar-refractivity contribution < 1.29 is 30.0 Å². The minimum atomic E-state index is -4.44. The van der Waals surface area contributed by atoms with E-state index in [1.54, 1.807) is 12.1 Å². The Hall–Kier alpha value is -2.92. The largest absolute Gasteiger partial charge is 0.467 e. The quantitative estimate of drug-likeness (QED) is 0.606. The number of sulfonamides is 2. The molecular formula is C18H16F2N2O5S2. The Kier molecular flexibility index (Phi) is 5.62. The Labute approximate surface area is 166 Å². The summed E-state index contributed by atoms with van der Waals surface area (Å²) in [5, 5.41) is 0. The Bertz CT molecular complexity index is 1210. The molecule has 1 N–H and O–H groups in total. The lowest BCUT2D eigenvalue weighted by Gasteiger charge is -2.24. The number of hydrogen-bond donors (Lipinski definition) is 1. The van der Waals surface area contributed by atoms with Crippen molar-refractivity contribution in [2.45, 2.75) is 11.4 Å². The molecule has 2 aromatic carbocycles. The Morgan fingerprint density at radius 1 is 1.00 bits per heavy atom. The fraction of sp³-hybridized carbons (Fsp3) is 0.111. The van der Waals surface area contributed by atoms with Crippen LogP contribution in [0.1, 0.15) is 5.76 Å². The second kappa shape index (κ2) is 7.84. The average Bonchev–Trinajstić information content (AvgIpc) is 3.12. The van der Waals surface area contributed by atoms with E-state index in [1.807, 2.05) is 0 Å². The van der Waals surface area contributed by atoms with Crippen LogP contribution in [-0.2, 0) is 26.6 Å². The monoisotopic (exact) mass is 442 g/mol. The summed E-state index contributed by atoms with van der Waals surface area (Å²) < 4.78 is 85.0. The van der Waals surface area contributed by atoms with Crippen LogP contribution in [0.4, 0.5) is 20.2 Å². The van der Waals surface area contributed by atoms with Crippen LogP contribution in [0, 0.1) is 11.6 Å². The maximum atomic E-state index is 14.6. The summed E-state index contributed by atoms with van der Waals surface area (Å²) in [7, 11) is -8.10. The molecule has 0 fully saturated rings. The minimum Gasteiger partial charge on any atom is -0.467 e. The molecule has 3 aromatic rings. The Morgan fingerprint density at radius 2 is 1.69 bits per heavy atom. The molecule has 0 radical (unpaired) electrons. The van der Waals surface area contributed by atoms with Crippen LogP contribution in [0.25, 0.3) is 0 Å². The summed E-state index contributed by atoms with van der Waals surface area (Å²) in [4.78, 5) is -0.674. The van der Waals surface area contributed by atoms with E-state index in [1.165, 1.54) is 18.4 Å². The van der Waals surface area contributed by atoms with E-state index in [0.717, 1.165) is 40.9 Å². The van der Waals surface area contributed by atoms with Gasteiger partial charge in [-0.05, 0) is 54.6 Å². The first-order chi connectivity index (χ1) is 13.6. The lowest BCUT2D eigenvalue weighted by molar-refractivity contribution is 0.507. The highest BCUT2D eigenvalue weighted by molar-refractivity contribution is 7.93. The number of hydrogen-bond acceptors (Lipinski definition) is 5. The molecule has 7 nitrogen and oxygen atoms in total. The van der Waals surface area contributed by atoms with E-state index >= 15 is 0 Å². The molecule has 0 saturated heterocycles. The third kappa shape index (κ3) is 4.93. The van der Waals surface area contributed by atoms with E-state index in [4.69, 9.17) is 4.42 Å². The number of halogens is 2. The van der Waals surface area contributed by atoms with Crippen LogP contribution in [0.15, 0.2) is 70.2 Å². The predicted molar refractivity (Wildman–Crippen MR) is 103 cm³/mol. The van der Waals surface area contributed by atoms with Crippen molar-refractivity contribution in [2.75, 3.05) is 15.3 Å². The van der Waals surface area contributed by atoms with Gasteiger partial charge in [-0.2, -0.15) is 0 Å². The number of anilines is 2. The summed E-state index contributed by atoms with van der Waals surface area (Å²) in [5.41, 5.74) is -0.0242. The topological polar surface area (TPSA) is 96.7 Å². The SMILES string of the molecule is CS(=O)(=O)Nc1ccc(S(=O)(=O)N(Cc2ccco2)c2ccc(F)cc2)c(F)c1. The highest BCUT2D eigenvalue weighted by Crippen LogP contribution is 2.29. The zero-order valence-electron chi connectivity index (χ0n) is 15.0. The van der Waals surface area contributed by atoms with Gasteiger partial charge in [0, 0.05) is 0 Å². The number of furan rings is 1. The zero-order valence-corrected chi connectivity index (χ0v) is 16.7. The standard InChI is InChI=1S/C18H16F2N2O5S2/c1-28(23,24)21-14-6-9-18(17(20)11-14)29(25,26)22(12-16-3-2-10-27-16)15-7-4-13(19)5-8-15/h2-11,21H,12H2,1H3. The predicted octanol–water partition coefficient (Wildman–Crippen LogP) is 3.32. The lowest BCUT2D eigenvalue weighted by Crippen LogP contribution is -2.31. The van der Waals surface area contributed by atoms with Gasteiger partial charge >= 0.3 is 0 Å². The van der Waals surface area contributed by atoms with Crippen molar-refractivity contribution in [3.8, 4) is 0 Å². The molecule has 154 valence electrons. The van der Waals surface area contributed by atoms with Gasteiger partial charge in [0.2, 0.25) is 10.0 Å². The smallest absolute Gasteiger partial charge is 0.267 e. The zero-order chi connectivity index (χ0) is 21.2. The van der Waals surface area contributed by atoms with Crippen LogP contribution < -0.4 is 9.03 Å². The van der Waals surface area contributed by atoms with Gasteiger partial charge in [-0.3, -0.25) is 9.03 Å². The maximum absolute atomic E-state index is 14.6. The van der Waals surface area contributed by atoms with Crippen molar-refractivity contribution in [2.24, 2.45) is 0 Å². The molecular weight excluding hydrogens is 426 g/mol. The third-order valence-electron chi connectivity index (χ3n) is 3.80. The first-order valence-electron chi connectivity index (χ1n) is 8.14. The first kappa shape index (κ1) is 20.8. The molecule has 0 aliphatic heterocycles. The second-order valence-electron chi connectivity index (χ2n) is 6.09. The van der Waals surface area contributed by atoms with Crippen molar-refractivity contribution >= 4 is 31.4 Å². The Morgan fingerprint density at radius 3 is 2.24 bits per heavy atom. The normalized spacial score (nSPS) is 12.0. The van der Waals surface area contributed by atoms with Crippen LogP contribution in [0.3, 0.4) is 0 Å². The summed E-state index contributed by atoms with van der Waals surface area (Å²) in [5.74, 6) is -1.43. The molecule has 3 rings (SSSR count). The van der Waals surface area contributed by atoms with E-state index in [-0.39, 0.29) is 23.7 Å². The van der Waals surface area contributed by atoms with E-state index in [9.17, 15) is 25.6 Å². The van der Waals surface area contributed by atoms with Gasteiger partial charge in [-0.1, -0.05) is 0 Å². The van der Waals surface area contributed by atoms with Crippen molar-refractivity contribution in [1.82, 2.24) is 0 Å². The fourth-order valence-electron chi connectivity index (χ4n) is 2.57. The van der Waals surface area contributed by atoms with Gasteiger partial charge < -0.3 is 4.42 Å². The molecule has 0 amide bonds. The van der Waals surface area contributed by atoms with E-state index in [0.29, 0.717) is 0 Å². The van der Waals surface area contributed by atoms with Crippen molar-refractivity contribution in [3.05, 3.63) is 78.3 Å². The number of nitrogens with one attached hydrogen (secondary N) is 1. The number of rotatable bonds is 7. The van der Waals surface area contributed by atoms with Gasteiger partial charge in [0.05, 0.1) is 30.4 Å². The van der Waals surface area contributed by atoms with Gasteiger partial charge in [-0.25, -0.2) is 25.6 Å². The van der Waals surface area contributed by atoms with Crippen molar-refractivity contribution in [3.63, 3.8) is 0 Å². The molecule has 29 heavy (non-hydrogen) atoms. The summed E-state index contributed by atoms with van der Waals surface area (Å²) in [6, 6.07) is 10.6. The number of nitrogens with zero attached hydrogens (tertiary/aromatic N) is 1. The maximum Gasteiger partial charge on any atom is 0.267 e. The van der Waals surface area contributed by atoms with Crippen molar-refractivity contribution in [1.29, 1.82) is 0 Å². The summed E-state index contributed by atoms with van der Waals surface area (Å²) >= 11 is 0. The van der Waals surface area contributed by atoms with Gasteiger partial charge in [0.1, 0.15) is 22.3 Å². The van der Waals surface area contributed by atoms with E-state index in [2.05, 4.69) is 4.72 Å². The van der Waals surface area contributed by atoms with Crippen LogP contribution >= 0.6 is 0 Å². The van der Waals surface area contributed by atoms with Gasteiger partial charge in [0.25, 0.3) is 10.0 Å². The summed E-state index contributed by atoms with van der Waals surface area (Å²) in [6.45, 7) is -0.260. The van der Waals surface area contributed by atoms with Crippen LogP contribution in [-0.4, -0.2) is 23.1 Å². The molecule has 1 heterocycles. The minimum absolute atomic E-state index is 0.0977. The third-order valence-corrected chi connectivity index (χ3v) is 6.21.